The third-order valence-corrected chi connectivity index (χ3v) is 3.20. The van der Waals surface area contributed by atoms with Gasteiger partial charge in [0.2, 0.25) is 0 Å². The molecule has 1 N–H and O–H groups in total. The fourth-order valence-corrected chi connectivity index (χ4v) is 2.01. The number of hydrogen-bond donors (Lipinski definition) is 1. The molecule has 3 heteroatoms. The Kier molecular flexibility index (Phi) is 14.7. The maximum Gasteiger partial charge on any atom is 0.303 e. The van der Waals surface area contributed by atoms with Gasteiger partial charge in [0.1, 0.15) is 0 Å². The van der Waals surface area contributed by atoms with Gasteiger partial charge in [-0.2, -0.15) is 0 Å². The minimum absolute atomic E-state index is 0.235. The lowest BCUT2D eigenvalue weighted by molar-refractivity contribution is -0.137. The van der Waals surface area contributed by atoms with Crippen LogP contribution in [0.3, 0.4) is 0 Å². The Hall–Kier alpha value is -0.750. The zero-order valence-corrected chi connectivity index (χ0v) is 13.3. The van der Waals surface area contributed by atoms with Gasteiger partial charge in [-0.25, -0.2) is 0 Å². The van der Waals surface area contributed by atoms with E-state index in [1.807, 2.05) is 4.99 Å². The molecule has 0 radical (unpaired) electrons. The Morgan fingerprint density at radius 3 is 2.16 bits per heavy atom. The largest absolute Gasteiger partial charge is 0.481 e. The average molecular weight is 329 g/mol. The Labute approximate surface area is 125 Å². The summed E-state index contributed by atoms with van der Waals surface area (Å²) in [6.45, 7) is 0. The highest BCUT2D eigenvalue weighted by Gasteiger charge is 1.93. The molecule has 0 rings (SSSR count). The van der Waals surface area contributed by atoms with Gasteiger partial charge in [0.05, 0.1) is 0 Å². The van der Waals surface area contributed by atoms with Crippen molar-refractivity contribution in [2.24, 2.45) is 0 Å². The average Bonchev–Trinajstić information content (AvgIpc) is 2.39. The van der Waals surface area contributed by atoms with Crippen LogP contribution in [0.2, 0.25) is 0 Å². The van der Waals surface area contributed by atoms with Crippen molar-refractivity contribution in [3.63, 3.8) is 0 Å². The molecule has 0 aliphatic carbocycles. The van der Waals surface area contributed by atoms with Crippen molar-refractivity contribution in [1.29, 1.82) is 0 Å². The van der Waals surface area contributed by atoms with E-state index < -0.39 is 5.97 Å². The molecular weight excluding hydrogens is 304 g/mol. The number of carboxylic acids is 1. The van der Waals surface area contributed by atoms with Gasteiger partial charge in [-0.3, -0.25) is 4.79 Å². The third kappa shape index (κ3) is 17.2. The van der Waals surface area contributed by atoms with Crippen molar-refractivity contribution in [3.05, 3.63) is 11.1 Å². The van der Waals surface area contributed by atoms with Gasteiger partial charge in [0, 0.05) is 19.3 Å². The van der Waals surface area contributed by atoms with Crippen molar-refractivity contribution >= 4 is 21.9 Å². The number of unbranched alkanes of at least 4 members (excludes halogenated alkanes) is 8. The smallest absolute Gasteiger partial charge is 0.303 e. The molecule has 0 aliphatic heterocycles. The molecule has 0 saturated carbocycles. The number of carbonyl (C=O) groups is 1. The minimum Gasteiger partial charge on any atom is -0.481 e. The van der Waals surface area contributed by atoms with Gasteiger partial charge >= 0.3 is 5.97 Å². The van der Waals surface area contributed by atoms with E-state index in [4.69, 9.17) is 5.11 Å². The van der Waals surface area contributed by atoms with Gasteiger partial charge in [-0.05, 0) is 30.7 Å². The lowest BCUT2D eigenvalue weighted by Gasteiger charge is -1.98. The van der Waals surface area contributed by atoms with Crippen LogP contribution in [-0.4, -0.2) is 11.1 Å². The number of allylic oxidation sites excluding steroid dienone is 1. The van der Waals surface area contributed by atoms with Crippen molar-refractivity contribution in [1.82, 2.24) is 0 Å². The normalized spacial score (nSPS) is 10.4. The van der Waals surface area contributed by atoms with E-state index in [-0.39, 0.29) is 6.42 Å². The molecule has 0 heterocycles. The summed E-state index contributed by atoms with van der Waals surface area (Å²) in [5.74, 6) is 5.43. The van der Waals surface area contributed by atoms with E-state index in [1.165, 1.54) is 44.9 Å². The molecule has 2 nitrogen and oxygen atoms in total. The third-order valence-electron chi connectivity index (χ3n) is 2.83. The van der Waals surface area contributed by atoms with Gasteiger partial charge < -0.3 is 5.11 Å². The standard InChI is InChI=1S/C16H25BrO2/c17-15-13-11-9-7-5-3-1-2-4-6-8-10-12-14-16(18)19/h13,15H,1-5,7,9-12,14H2,(H,18,19)/b15-13+. The van der Waals surface area contributed by atoms with Crippen LogP contribution in [0.4, 0.5) is 0 Å². The van der Waals surface area contributed by atoms with Crippen LogP contribution >= 0.6 is 15.9 Å². The van der Waals surface area contributed by atoms with Gasteiger partial charge in [-0.15, -0.1) is 11.8 Å². The molecule has 0 aromatic carbocycles. The first-order valence-corrected chi connectivity index (χ1v) is 8.11. The molecular formula is C16H25BrO2. The highest BCUT2D eigenvalue weighted by Crippen LogP contribution is 2.08. The maximum atomic E-state index is 10.3. The highest BCUT2D eigenvalue weighted by molar-refractivity contribution is 9.11. The summed E-state index contributed by atoms with van der Waals surface area (Å²) >= 11 is 3.27. The molecule has 0 atom stereocenters. The van der Waals surface area contributed by atoms with E-state index in [9.17, 15) is 4.79 Å². The summed E-state index contributed by atoms with van der Waals surface area (Å²) in [5.41, 5.74) is 0. The summed E-state index contributed by atoms with van der Waals surface area (Å²) < 4.78 is 0. The molecule has 0 aromatic heterocycles. The summed E-state index contributed by atoms with van der Waals surface area (Å²) in [7, 11) is 0. The summed E-state index contributed by atoms with van der Waals surface area (Å²) in [6.07, 6.45) is 13.6. The predicted molar refractivity (Wildman–Crippen MR) is 84.3 cm³/mol. The molecule has 0 aliphatic rings. The summed E-state index contributed by atoms with van der Waals surface area (Å²) in [5, 5.41) is 8.45. The predicted octanol–water partition coefficient (Wildman–Crippen LogP) is 5.27. The van der Waals surface area contributed by atoms with E-state index in [2.05, 4.69) is 33.8 Å². The zero-order valence-electron chi connectivity index (χ0n) is 11.7. The quantitative estimate of drug-likeness (QED) is 0.414. The Balaban J connectivity index is 3.14. The SMILES string of the molecule is O=C(O)CCCC#CCCCCCCCC/C=C/Br. The lowest BCUT2D eigenvalue weighted by atomic mass is 10.1. The van der Waals surface area contributed by atoms with E-state index in [1.54, 1.807) is 0 Å². The van der Waals surface area contributed by atoms with Crippen LogP contribution in [0.1, 0.15) is 70.6 Å². The molecule has 0 amide bonds. The second-order valence-corrected chi connectivity index (χ2v) is 5.15. The molecule has 19 heavy (non-hydrogen) atoms. The first kappa shape index (κ1) is 18.2. The minimum atomic E-state index is -0.728. The molecule has 0 saturated heterocycles. The zero-order chi connectivity index (χ0) is 14.2. The molecule has 0 aromatic rings. The Bertz CT molecular complexity index is 300. The molecule has 0 unspecified atom stereocenters. The molecule has 0 spiro atoms. The van der Waals surface area contributed by atoms with Crippen LogP contribution in [0.5, 0.6) is 0 Å². The van der Waals surface area contributed by atoms with E-state index >= 15 is 0 Å². The second-order valence-electron chi connectivity index (χ2n) is 4.62. The number of hydrogen-bond acceptors (Lipinski definition) is 1. The maximum absolute atomic E-state index is 10.3. The van der Waals surface area contributed by atoms with E-state index in [0.29, 0.717) is 12.8 Å². The number of halogens is 1. The summed E-state index contributed by atoms with van der Waals surface area (Å²) in [6, 6.07) is 0. The van der Waals surface area contributed by atoms with Crippen LogP contribution in [0.15, 0.2) is 11.1 Å². The number of carboxylic acid groups (broad SMARTS) is 1. The van der Waals surface area contributed by atoms with E-state index in [0.717, 1.165) is 6.42 Å². The first-order valence-electron chi connectivity index (χ1n) is 7.20. The van der Waals surface area contributed by atoms with Gasteiger partial charge in [0.25, 0.3) is 0 Å². The van der Waals surface area contributed by atoms with Gasteiger partial charge in [0.15, 0.2) is 0 Å². The topological polar surface area (TPSA) is 37.3 Å². The number of rotatable bonds is 11. The van der Waals surface area contributed by atoms with Crippen molar-refractivity contribution in [2.45, 2.75) is 70.6 Å². The van der Waals surface area contributed by atoms with Crippen LogP contribution < -0.4 is 0 Å². The second kappa shape index (κ2) is 15.3. The number of aliphatic carboxylic acids is 1. The fraction of sp³-hybridized carbons (Fsp3) is 0.688. The van der Waals surface area contributed by atoms with Crippen molar-refractivity contribution in [2.75, 3.05) is 0 Å². The monoisotopic (exact) mass is 328 g/mol. The van der Waals surface area contributed by atoms with Crippen LogP contribution in [-0.2, 0) is 4.79 Å². The summed E-state index contributed by atoms with van der Waals surface area (Å²) in [4.78, 5) is 12.2. The van der Waals surface area contributed by atoms with Crippen molar-refractivity contribution < 1.29 is 9.90 Å². The first-order chi connectivity index (χ1) is 9.27. The lowest BCUT2D eigenvalue weighted by Crippen LogP contribution is -1.92. The Morgan fingerprint density at radius 2 is 1.53 bits per heavy atom. The van der Waals surface area contributed by atoms with Crippen molar-refractivity contribution in [3.8, 4) is 11.8 Å². The molecule has 0 fully saturated rings. The van der Waals surface area contributed by atoms with Crippen LogP contribution in [0, 0.1) is 11.8 Å². The fourth-order valence-electron chi connectivity index (χ4n) is 1.75. The Morgan fingerprint density at radius 1 is 0.947 bits per heavy atom. The van der Waals surface area contributed by atoms with Gasteiger partial charge in [-0.1, -0.05) is 47.7 Å². The van der Waals surface area contributed by atoms with Crippen LogP contribution in [0.25, 0.3) is 0 Å². The highest BCUT2D eigenvalue weighted by atomic mass is 79.9. The molecule has 0 bridgehead atoms. The molecule has 108 valence electrons.